The Hall–Kier alpha value is -2.67. The molecule has 0 aliphatic carbocycles. The summed E-state index contributed by atoms with van der Waals surface area (Å²) in [5.74, 6) is 1.39. The van der Waals surface area contributed by atoms with E-state index in [-0.39, 0.29) is 24.1 Å². The number of anilines is 2. The summed E-state index contributed by atoms with van der Waals surface area (Å²) in [5, 5.41) is 2.79. The number of benzene rings is 2. The fourth-order valence-electron chi connectivity index (χ4n) is 2.91. The average molecular weight is 370 g/mol. The zero-order valence-electron chi connectivity index (χ0n) is 14.1. The third-order valence-corrected chi connectivity index (χ3v) is 5.13. The van der Waals surface area contributed by atoms with E-state index in [0.29, 0.717) is 24.7 Å². The summed E-state index contributed by atoms with van der Waals surface area (Å²) in [4.78, 5) is 27.0. The second-order valence-corrected chi connectivity index (χ2v) is 7.04. The first-order chi connectivity index (χ1) is 12.7. The van der Waals surface area contributed by atoms with Gasteiger partial charge in [-0.05, 0) is 30.3 Å². The number of nitrogens with zero attached hydrogens (tertiary/aromatic N) is 1. The lowest BCUT2D eigenvalue weighted by molar-refractivity contribution is -0.120. The number of ether oxygens (including phenoxy) is 2. The van der Waals surface area contributed by atoms with Crippen LogP contribution in [0.3, 0.4) is 0 Å². The normalized spacial score (nSPS) is 15.7. The molecule has 0 spiro atoms. The molecule has 0 saturated carbocycles. The highest BCUT2D eigenvalue weighted by Crippen LogP contribution is 2.35. The number of carbonyl (C=O) groups excluding carboxylic acids is 2. The van der Waals surface area contributed by atoms with E-state index in [9.17, 15) is 9.59 Å². The molecule has 0 aromatic heterocycles. The van der Waals surface area contributed by atoms with Gasteiger partial charge >= 0.3 is 0 Å². The fourth-order valence-corrected chi connectivity index (χ4v) is 3.71. The van der Waals surface area contributed by atoms with E-state index >= 15 is 0 Å². The van der Waals surface area contributed by atoms with Gasteiger partial charge in [-0.2, -0.15) is 0 Å². The molecule has 6 nitrogen and oxygen atoms in total. The van der Waals surface area contributed by atoms with Gasteiger partial charge in [0.15, 0.2) is 11.5 Å². The molecule has 0 atom stereocenters. The predicted molar refractivity (Wildman–Crippen MR) is 100 cm³/mol. The molecule has 4 rings (SSSR count). The number of para-hydroxylation sites is 2. The molecule has 1 N–H and O–H groups in total. The Morgan fingerprint density at radius 2 is 1.92 bits per heavy atom. The average Bonchev–Trinajstić information content (AvgIpc) is 2.90. The monoisotopic (exact) mass is 370 g/mol. The Labute approximate surface area is 155 Å². The minimum Gasteiger partial charge on any atom is -0.490 e. The maximum Gasteiger partial charge on any atom is 0.244 e. The van der Waals surface area contributed by atoms with Gasteiger partial charge in [0.05, 0.1) is 30.3 Å². The van der Waals surface area contributed by atoms with Gasteiger partial charge in [0.25, 0.3) is 0 Å². The first-order valence-electron chi connectivity index (χ1n) is 8.42. The van der Waals surface area contributed by atoms with E-state index in [4.69, 9.17) is 9.47 Å². The molecule has 0 radical (unpaired) electrons. The van der Waals surface area contributed by atoms with Crippen LogP contribution in [0.1, 0.15) is 6.42 Å². The van der Waals surface area contributed by atoms with Crippen molar-refractivity contribution in [1.29, 1.82) is 0 Å². The zero-order valence-corrected chi connectivity index (χ0v) is 14.9. The summed E-state index contributed by atoms with van der Waals surface area (Å²) in [6.45, 7) is 1.31. The minimum absolute atomic E-state index is 0.0392. The highest BCUT2D eigenvalue weighted by molar-refractivity contribution is 8.00. The Morgan fingerprint density at radius 1 is 1.12 bits per heavy atom. The van der Waals surface area contributed by atoms with Gasteiger partial charge < -0.3 is 19.7 Å². The van der Waals surface area contributed by atoms with Gasteiger partial charge in [0, 0.05) is 11.3 Å². The second-order valence-electron chi connectivity index (χ2n) is 5.99. The van der Waals surface area contributed by atoms with Gasteiger partial charge in [0.2, 0.25) is 11.8 Å². The maximum atomic E-state index is 12.7. The SMILES string of the molecule is O=C1CN(C(=O)CSc2ccc3c(c2)OCCCO3)c2ccccc2N1. The molecule has 0 saturated heterocycles. The molecule has 134 valence electrons. The van der Waals surface area contributed by atoms with E-state index < -0.39 is 0 Å². The van der Waals surface area contributed by atoms with Gasteiger partial charge in [-0.25, -0.2) is 0 Å². The number of rotatable bonds is 3. The summed E-state index contributed by atoms with van der Waals surface area (Å²) in [6, 6.07) is 13.0. The van der Waals surface area contributed by atoms with Crippen molar-refractivity contribution in [1.82, 2.24) is 0 Å². The van der Waals surface area contributed by atoms with Crippen molar-refractivity contribution in [2.24, 2.45) is 0 Å². The maximum absolute atomic E-state index is 12.7. The molecule has 2 aromatic rings. The Kier molecular flexibility index (Phi) is 4.71. The van der Waals surface area contributed by atoms with Crippen molar-refractivity contribution in [3.05, 3.63) is 42.5 Å². The first kappa shape index (κ1) is 16.8. The van der Waals surface area contributed by atoms with Gasteiger partial charge in [0.1, 0.15) is 6.54 Å². The van der Waals surface area contributed by atoms with Crippen molar-refractivity contribution in [3.63, 3.8) is 0 Å². The first-order valence-corrected chi connectivity index (χ1v) is 9.41. The second kappa shape index (κ2) is 7.29. The van der Waals surface area contributed by atoms with E-state index in [1.165, 1.54) is 16.7 Å². The molecule has 0 fully saturated rings. The molecule has 0 bridgehead atoms. The van der Waals surface area contributed by atoms with Crippen LogP contribution in [0.15, 0.2) is 47.4 Å². The number of hydrogen-bond acceptors (Lipinski definition) is 5. The van der Waals surface area contributed by atoms with Crippen molar-refractivity contribution >= 4 is 35.0 Å². The summed E-state index contributed by atoms with van der Waals surface area (Å²) in [7, 11) is 0. The smallest absolute Gasteiger partial charge is 0.244 e. The van der Waals surface area contributed by atoms with Crippen molar-refractivity contribution in [2.75, 3.05) is 35.7 Å². The van der Waals surface area contributed by atoms with Gasteiger partial charge in [-0.3, -0.25) is 9.59 Å². The van der Waals surface area contributed by atoms with Crippen LogP contribution in [0, 0.1) is 0 Å². The lowest BCUT2D eigenvalue weighted by Gasteiger charge is -2.29. The molecule has 7 heteroatoms. The minimum atomic E-state index is -0.183. The molecule has 2 amide bonds. The van der Waals surface area contributed by atoms with E-state index in [1.807, 2.05) is 36.4 Å². The van der Waals surface area contributed by atoms with Crippen molar-refractivity contribution in [2.45, 2.75) is 11.3 Å². The van der Waals surface area contributed by atoms with Gasteiger partial charge in [-0.1, -0.05) is 12.1 Å². The number of nitrogens with one attached hydrogen (secondary N) is 1. The summed E-state index contributed by atoms with van der Waals surface area (Å²) < 4.78 is 11.3. The lowest BCUT2D eigenvalue weighted by atomic mass is 10.2. The Bertz CT molecular complexity index is 855. The third kappa shape index (κ3) is 3.48. The topological polar surface area (TPSA) is 67.9 Å². The van der Waals surface area contributed by atoms with Crippen LogP contribution in [0.2, 0.25) is 0 Å². The number of carbonyl (C=O) groups is 2. The number of fused-ring (bicyclic) bond motifs is 2. The van der Waals surface area contributed by atoms with E-state index in [2.05, 4.69) is 5.32 Å². The fraction of sp³-hybridized carbons (Fsp3) is 0.263. The number of hydrogen-bond donors (Lipinski definition) is 1. The summed E-state index contributed by atoms with van der Waals surface area (Å²) in [6.07, 6.45) is 0.853. The summed E-state index contributed by atoms with van der Waals surface area (Å²) >= 11 is 1.42. The highest BCUT2D eigenvalue weighted by Gasteiger charge is 2.26. The molecular weight excluding hydrogens is 352 g/mol. The van der Waals surface area contributed by atoms with E-state index in [0.717, 1.165) is 22.8 Å². The molecule has 2 aliphatic heterocycles. The predicted octanol–water partition coefficient (Wildman–Crippen LogP) is 2.93. The van der Waals surface area contributed by atoms with Crippen molar-refractivity contribution in [3.8, 4) is 11.5 Å². The molecule has 2 aliphatic rings. The zero-order chi connectivity index (χ0) is 17.9. The van der Waals surface area contributed by atoms with Crippen molar-refractivity contribution < 1.29 is 19.1 Å². The van der Waals surface area contributed by atoms with Crippen LogP contribution >= 0.6 is 11.8 Å². The largest absolute Gasteiger partial charge is 0.490 e. The van der Waals surface area contributed by atoms with Crippen LogP contribution in [-0.2, 0) is 9.59 Å². The molecule has 26 heavy (non-hydrogen) atoms. The molecule has 2 heterocycles. The standard InChI is InChI=1S/C19H18N2O4S/c22-18-11-21(15-5-2-1-4-14(15)20-18)19(23)12-26-13-6-7-16-17(10-13)25-9-3-8-24-16/h1-2,4-7,10H,3,8-9,11-12H2,(H,20,22). The number of thioether (sulfide) groups is 1. The highest BCUT2D eigenvalue weighted by atomic mass is 32.2. The molecule has 2 aromatic carbocycles. The van der Waals surface area contributed by atoms with Crippen LogP contribution in [0.25, 0.3) is 0 Å². The third-order valence-electron chi connectivity index (χ3n) is 4.15. The molecular formula is C19H18N2O4S. The summed E-state index contributed by atoms with van der Waals surface area (Å²) in [5.41, 5.74) is 1.40. The Balaban J connectivity index is 1.46. The van der Waals surface area contributed by atoms with Crippen LogP contribution < -0.4 is 19.7 Å². The van der Waals surface area contributed by atoms with Crippen LogP contribution in [0.5, 0.6) is 11.5 Å². The quantitative estimate of drug-likeness (QED) is 0.842. The Morgan fingerprint density at radius 3 is 2.81 bits per heavy atom. The van der Waals surface area contributed by atoms with Crippen LogP contribution in [-0.4, -0.2) is 37.3 Å². The number of amides is 2. The van der Waals surface area contributed by atoms with E-state index in [1.54, 1.807) is 6.07 Å². The lowest BCUT2D eigenvalue weighted by Crippen LogP contribution is -2.43. The molecule has 0 unspecified atom stereocenters. The van der Waals surface area contributed by atoms with Crippen LogP contribution in [0.4, 0.5) is 11.4 Å². The van der Waals surface area contributed by atoms with Gasteiger partial charge in [-0.15, -0.1) is 11.8 Å².